The summed E-state index contributed by atoms with van der Waals surface area (Å²) >= 11 is 0. The van der Waals surface area contributed by atoms with E-state index in [1.165, 1.54) is 0 Å². The zero-order chi connectivity index (χ0) is 22.8. The molecule has 170 valence electrons. The van der Waals surface area contributed by atoms with Gasteiger partial charge >= 0.3 is 0 Å². The Morgan fingerprint density at radius 1 is 1.19 bits per heavy atom. The lowest BCUT2D eigenvalue weighted by molar-refractivity contribution is -0.122. The molecule has 1 saturated heterocycles. The number of carbonyl (C=O) groups is 1. The van der Waals surface area contributed by atoms with Gasteiger partial charge in [-0.1, -0.05) is 0 Å². The van der Waals surface area contributed by atoms with Crippen LogP contribution in [-0.2, 0) is 22.0 Å². The number of aryl methyl sites for hydroxylation is 1. The fourth-order valence-electron chi connectivity index (χ4n) is 5.73. The minimum absolute atomic E-state index is 0.0716. The summed E-state index contributed by atoms with van der Waals surface area (Å²) in [7, 11) is 1.72. The molecule has 6 rings (SSSR count). The third kappa shape index (κ3) is 3.21. The molecule has 4 fully saturated rings. The molecule has 0 aromatic carbocycles. The van der Waals surface area contributed by atoms with E-state index in [4.69, 9.17) is 26.9 Å². The van der Waals surface area contributed by atoms with E-state index in [1.54, 1.807) is 29.9 Å². The molecule has 10 heteroatoms. The molecule has 0 unspecified atom stereocenters. The van der Waals surface area contributed by atoms with Crippen LogP contribution in [0.4, 0.5) is 17.5 Å². The van der Waals surface area contributed by atoms with E-state index < -0.39 is 0 Å². The van der Waals surface area contributed by atoms with Crippen molar-refractivity contribution < 1.29 is 9.53 Å². The van der Waals surface area contributed by atoms with Gasteiger partial charge in [-0.25, -0.2) is 4.98 Å². The number of fused-ring (bicyclic) bond motifs is 1. The fraction of sp³-hybridized carbons (Fsp3) is 0.545. The summed E-state index contributed by atoms with van der Waals surface area (Å²) in [5.74, 6) is 0.674. The van der Waals surface area contributed by atoms with Gasteiger partial charge < -0.3 is 31.4 Å². The van der Waals surface area contributed by atoms with E-state index in [-0.39, 0.29) is 40.8 Å². The van der Waals surface area contributed by atoms with Crippen molar-refractivity contribution in [2.24, 2.45) is 24.6 Å². The number of pyridine rings is 1. The second kappa shape index (κ2) is 7.19. The van der Waals surface area contributed by atoms with Gasteiger partial charge in [-0.3, -0.25) is 9.59 Å². The molecule has 4 aliphatic rings. The van der Waals surface area contributed by atoms with Gasteiger partial charge in [0.15, 0.2) is 5.82 Å². The van der Waals surface area contributed by atoms with Crippen molar-refractivity contribution >= 4 is 23.4 Å². The van der Waals surface area contributed by atoms with E-state index in [1.807, 2.05) is 6.92 Å². The highest BCUT2D eigenvalue weighted by Gasteiger charge is 2.60. The first kappa shape index (κ1) is 20.7. The minimum atomic E-state index is -0.255. The first-order chi connectivity index (χ1) is 15.2. The largest absolute Gasteiger partial charge is 0.394 e. The number of aromatic nitrogens is 3. The normalized spacial score (nSPS) is 31.4. The maximum absolute atomic E-state index is 11.8. The highest BCUT2D eigenvalue weighted by atomic mass is 16.5. The zero-order valence-electron chi connectivity index (χ0n) is 18.3. The van der Waals surface area contributed by atoms with Crippen LogP contribution >= 0.6 is 0 Å². The molecule has 0 spiro atoms. The number of hydrogen-bond acceptors (Lipinski definition) is 8. The molecule has 3 heterocycles. The Morgan fingerprint density at radius 3 is 2.59 bits per heavy atom. The molecule has 32 heavy (non-hydrogen) atoms. The third-order valence-corrected chi connectivity index (χ3v) is 7.34. The molecule has 0 radical (unpaired) electrons. The van der Waals surface area contributed by atoms with Gasteiger partial charge in [0, 0.05) is 37.2 Å². The molecule has 1 aliphatic heterocycles. The predicted molar refractivity (Wildman–Crippen MR) is 120 cm³/mol. The van der Waals surface area contributed by atoms with Crippen LogP contribution in [0.1, 0.15) is 43.5 Å². The van der Waals surface area contributed by atoms with Crippen molar-refractivity contribution in [1.29, 1.82) is 0 Å². The summed E-state index contributed by atoms with van der Waals surface area (Å²) in [5, 5.41) is 0. The summed E-state index contributed by atoms with van der Waals surface area (Å²) in [5.41, 5.74) is 19.9. The molecule has 2 bridgehead atoms. The number of anilines is 3. The lowest BCUT2D eigenvalue weighted by Gasteiger charge is -2.40. The molecule has 6 N–H and O–H groups in total. The van der Waals surface area contributed by atoms with Crippen LogP contribution < -0.4 is 27.7 Å². The summed E-state index contributed by atoms with van der Waals surface area (Å²) in [6.45, 7) is 3.11. The van der Waals surface area contributed by atoms with Crippen molar-refractivity contribution in [3.05, 3.63) is 39.9 Å². The van der Waals surface area contributed by atoms with Crippen LogP contribution in [-0.4, -0.2) is 39.6 Å². The molecular weight excluding hydrogens is 410 g/mol. The van der Waals surface area contributed by atoms with E-state index >= 15 is 0 Å². The van der Waals surface area contributed by atoms with Gasteiger partial charge in [0.25, 0.3) is 0 Å². The predicted octanol–water partition coefficient (Wildman–Crippen LogP) is 0.459. The molecule has 2 aromatic rings. The number of rotatable bonds is 4. The Bertz CT molecular complexity index is 1140. The van der Waals surface area contributed by atoms with Gasteiger partial charge in [0.1, 0.15) is 6.10 Å². The first-order valence-corrected chi connectivity index (χ1v) is 11.0. The SMILES string of the molecule is C[C@@H]1CN(c2nc(N)c(N)c(C34CC(C3)[C@H](C(N)=O)C4)n2)C[C@H](c2ccc(=O)n(C)c2)O1. The number of primary amides is 1. The third-order valence-electron chi connectivity index (χ3n) is 7.34. The fourth-order valence-corrected chi connectivity index (χ4v) is 5.73. The maximum Gasteiger partial charge on any atom is 0.250 e. The average molecular weight is 440 g/mol. The molecule has 3 aliphatic carbocycles. The average Bonchev–Trinajstić information content (AvgIpc) is 3.29. The highest BCUT2D eigenvalue weighted by Crippen LogP contribution is 2.63. The van der Waals surface area contributed by atoms with Gasteiger partial charge in [0.2, 0.25) is 17.4 Å². The van der Waals surface area contributed by atoms with E-state index in [0.29, 0.717) is 37.1 Å². The Hall–Kier alpha value is -3.14. The number of ether oxygens (including phenoxy) is 1. The number of carbonyl (C=O) groups excluding carboxylic acids is 1. The quantitative estimate of drug-likeness (QED) is 0.620. The molecule has 10 nitrogen and oxygen atoms in total. The van der Waals surface area contributed by atoms with Crippen molar-refractivity contribution in [2.45, 2.75) is 43.8 Å². The van der Waals surface area contributed by atoms with Crippen LogP contribution in [0.25, 0.3) is 0 Å². The standard InChI is InChI=1S/C22H29N7O3/c1-11-8-29(10-15(32-11)12-3-4-16(30)28(2)9-12)21-26-18(17(23)19(24)27-21)22-5-13(6-22)14(7-22)20(25)31/h3-4,9,11,13-15H,5-8,10,23H2,1-2H3,(H2,25,31)(H2,24,26,27)/t11-,13?,14-,15-,22?/m1/s1. The molecule has 3 atom stereocenters. The second-order valence-electron chi connectivity index (χ2n) is 9.58. The maximum atomic E-state index is 11.8. The van der Waals surface area contributed by atoms with Crippen LogP contribution in [0.3, 0.4) is 0 Å². The second-order valence-corrected chi connectivity index (χ2v) is 9.58. The number of nitrogens with two attached hydrogens (primary N) is 3. The highest BCUT2D eigenvalue weighted by molar-refractivity contribution is 5.79. The van der Waals surface area contributed by atoms with Gasteiger partial charge in [-0.15, -0.1) is 0 Å². The summed E-state index contributed by atoms with van der Waals surface area (Å²) < 4.78 is 7.69. The molecule has 3 saturated carbocycles. The zero-order valence-corrected chi connectivity index (χ0v) is 18.3. The van der Waals surface area contributed by atoms with Crippen LogP contribution in [0, 0.1) is 11.8 Å². The Morgan fingerprint density at radius 2 is 1.94 bits per heavy atom. The first-order valence-electron chi connectivity index (χ1n) is 11.0. The summed E-state index contributed by atoms with van der Waals surface area (Å²) in [6, 6.07) is 3.34. The number of nitrogens with zero attached hydrogens (tertiary/aromatic N) is 4. The van der Waals surface area contributed by atoms with Gasteiger partial charge in [-0.05, 0) is 43.7 Å². The summed E-state index contributed by atoms with van der Waals surface area (Å²) in [4.78, 5) is 35.0. The molecular formula is C22H29N7O3. The Labute approximate surface area is 185 Å². The number of amides is 1. The Balaban J connectivity index is 1.46. The van der Waals surface area contributed by atoms with Crippen molar-refractivity contribution in [1.82, 2.24) is 14.5 Å². The monoisotopic (exact) mass is 439 g/mol. The molecule has 2 aromatic heterocycles. The Kier molecular flexibility index (Phi) is 4.66. The van der Waals surface area contributed by atoms with Crippen molar-refractivity contribution in [3.63, 3.8) is 0 Å². The van der Waals surface area contributed by atoms with Gasteiger partial charge in [0.05, 0.1) is 24.0 Å². The lowest BCUT2D eigenvalue weighted by atomic mass is 9.67. The van der Waals surface area contributed by atoms with E-state index in [0.717, 1.165) is 24.1 Å². The van der Waals surface area contributed by atoms with E-state index in [9.17, 15) is 9.59 Å². The minimum Gasteiger partial charge on any atom is -0.394 e. The molecule has 1 amide bonds. The topological polar surface area (TPSA) is 155 Å². The van der Waals surface area contributed by atoms with Crippen LogP contribution in [0.2, 0.25) is 0 Å². The van der Waals surface area contributed by atoms with Crippen molar-refractivity contribution in [2.75, 3.05) is 29.5 Å². The number of nitrogen functional groups attached to an aromatic ring is 2. The van der Waals surface area contributed by atoms with Crippen LogP contribution in [0.5, 0.6) is 0 Å². The van der Waals surface area contributed by atoms with Gasteiger partial charge in [-0.2, -0.15) is 4.98 Å². The van der Waals surface area contributed by atoms with Crippen LogP contribution in [0.15, 0.2) is 23.1 Å². The number of morpholine rings is 1. The summed E-state index contributed by atoms with van der Waals surface area (Å²) in [6.07, 6.45) is 3.83. The van der Waals surface area contributed by atoms with Crippen molar-refractivity contribution in [3.8, 4) is 0 Å². The smallest absolute Gasteiger partial charge is 0.250 e. The number of hydrogen-bond donors (Lipinski definition) is 3. The lowest BCUT2D eigenvalue weighted by Crippen LogP contribution is -2.44. The van der Waals surface area contributed by atoms with E-state index in [2.05, 4.69) is 9.88 Å².